The van der Waals surface area contributed by atoms with Crippen LogP contribution in [0.5, 0.6) is 0 Å². The van der Waals surface area contributed by atoms with Crippen molar-refractivity contribution in [2.24, 2.45) is 5.10 Å². The van der Waals surface area contributed by atoms with Crippen molar-refractivity contribution in [2.45, 2.75) is 12.1 Å². The minimum Gasteiger partial charge on any atom is -0.309 e. The summed E-state index contributed by atoms with van der Waals surface area (Å²) in [6.07, 6.45) is -2.28. The van der Waals surface area contributed by atoms with E-state index in [1.54, 1.807) is 12.1 Å². The van der Waals surface area contributed by atoms with E-state index in [-0.39, 0.29) is 11.7 Å². The fourth-order valence-corrected chi connectivity index (χ4v) is 2.22. The number of nitrogens with zero attached hydrogens (tertiary/aromatic N) is 3. The highest BCUT2D eigenvalue weighted by molar-refractivity contribution is 6.06. The van der Waals surface area contributed by atoms with Crippen molar-refractivity contribution in [1.29, 1.82) is 0 Å². The molecule has 1 aliphatic rings. The third kappa shape index (κ3) is 2.76. The number of hydrazone groups is 1. The lowest BCUT2D eigenvalue weighted by Crippen LogP contribution is -2.17. The normalized spacial score (nSPS) is 18.0. The lowest BCUT2D eigenvalue weighted by atomic mass is 9.92. The van der Waals surface area contributed by atoms with E-state index in [1.807, 2.05) is 0 Å². The first-order valence-corrected chi connectivity index (χ1v) is 6.40. The Bertz CT molecular complexity index is 692. The Morgan fingerprint density at radius 1 is 1.05 bits per heavy atom. The number of aromatic nitrogens is 2. The summed E-state index contributed by atoms with van der Waals surface area (Å²) in [4.78, 5) is 6.72. The van der Waals surface area contributed by atoms with Gasteiger partial charge in [-0.25, -0.2) is 14.4 Å². The first kappa shape index (κ1) is 14.4. The van der Waals surface area contributed by atoms with Crippen LogP contribution in [0.2, 0.25) is 0 Å². The monoisotopic (exact) mass is 310 g/mol. The molecule has 3 rings (SSSR count). The molecule has 8 heteroatoms. The molecule has 1 aliphatic heterocycles. The fourth-order valence-electron chi connectivity index (χ4n) is 2.22. The van der Waals surface area contributed by atoms with Crippen LogP contribution >= 0.6 is 0 Å². The van der Waals surface area contributed by atoms with Crippen molar-refractivity contribution < 1.29 is 17.6 Å². The number of benzene rings is 1. The predicted octanol–water partition coefficient (Wildman–Crippen LogP) is 2.73. The molecule has 0 amide bonds. The maximum atomic E-state index is 13.0. The van der Waals surface area contributed by atoms with Crippen LogP contribution < -0.4 is 5.43 Å². The SMILES string of the molecule is Fc1ccc(C2=NNCC2c2cnc(C(F)(F)F)nc2)cc1. The molecule has 4 nitrogen and oxygen atoms in total. The molecule has 2 aromatic rings. The molecule has 1 atom stereocenters. The van der Waals surface area contributed by atoms with Crippen LogP contribution in [0.15, 0.2) is 41.8 Å². The smallest absolute Gasteiger partial charge is 0.309 e. The Balaban J connectivity index is 1.88. The zero-order valence-electron chi connectivity index (χ0n) is 11.1. The Morgan fingerprint density at radius 3 is 2.27 bits per heavy atom. The van der Waals surface area contributed by atoms with Gasteiger partial charge in [0.2, 0.25) is 5.82 Å². The quantitative estimate of drug-likeness (QED) is 0.868. The lowest BCUT2D eigenvalue weighted by Gasteiger charge is -2.12. The van der Waals surface area contributed by atoms with Crippen LogP contribution in [-0.4, -0.2) is 22.2 Å². The number of nitrogens with one attached hydrogen (secondary N) is 1. The highest BCUT2D eigenvalue weighted by Crippen LogP contribution is 2.28. The van der Waals surface area contributed by atoms with Gasteiger partial charge in [0.15, 0.2) is 0 Å². The summed E-state index contributed by atoms with van der Waals surface area (Å²) in [6, 6.07) is 5.74. The third-order valence-electron chi connectivity index (χ3n) is 3.29. The van der Waals surface area contributed by atoms with Crippen LogP contribution in [0, 0.1) is 5.82 Å². The number of alkyl halides is 3. The lowest BCUT2D eigenvalue weighted by molar-refractivity contribution is -0.145. The van der Waals surface area contributed by atoms with Gasteiger partial charge >= 0.3 is 6.18 Å². The second-order valence-electron chi connectivity index (χ2n) is 4.76. The van der Waals surface area contributed by atoms with Gasteiger partial charge in [-0.2, -0.15) is 18.3 Å². The molecule has 1 unspecified atom stereocenters. The van der Waals surface area contributed by atoms with Crippen molar-refractivity contribution in [1.82, 2.24) is 15.4 Å². The molecule has 0 spiro atoms. The van der Waals surface area contributed by atoms with Gasteiger partial charge in [0.05, 0.1) is 11.6 Å². The summed E-state index contributed by atoms with van der Waals surface area (Å²) in [5, 5.41) is 4.13. The van der Waals surface area contributed by atoms with Gasteiger partial charge in [-0.15, -0.1) is 0 Å². The third-order valence-corrected chi connectivity index (χ3v) is 3.29. The molecule has 2 heterocycles. The van der Waals surface area contributed by atoms with Crippen molar-refractivity contribution in [3.63, 3.8) is 0 Å². The zero-order chi connectivity index (χ0) is 15.7. The van der Waals surface area contributed by atoms with E-state index >= 15 is 0 Å². The van der Waals surface area contributed by atoms with Gasteiger partial charge in [0.25, 0.3) is 0 Å². The maximum Gasteiger partial charge on any atom is 0.451 e. The molecule has 0 saturated carbocycles. The first-order valence-electron chi connectivity index (χ1n) is 6.40. The second-order valence-corrected chi connectivity index (χ2v) is 4.76. The molecular formula is C14H10F4N4. The van der Waals surface area contributed by atoms with Gasteiger partial charge in [-0.1, -0.05) is 12.1 Å². The van der Waals surface area contributed by atoms with Crippen LogP contribution in [0.4, 0.5) is 17.6 Å². The summed E-state index contributed by atoms with van der Waals surface area (Å²) in [7, 11) is 0. The van der Waals surface area contributed by atoms with Crippen LogP contribution in [0.3, 0.4) is 0 Å². The summed E-state index contributed by atoms with van der Waals surface area (Å²) < 4.78 is 50.4. The number of hydrogen-bond donors (Lipinski definition) is 1. The molecule has 1 aromatic carbocycles. The second kappa shape index (κ2) is 5.36. The van der Waals surface area contributed by atoms with Gasteiger partial charge in [-0.05, 0) is 23.3 Å². The number of rotatable bonds is 2. The Labute approximate surface area is 122 Å². The zero-order valence-corrected chi connectivity index (χ0v) is 11.1. The molecule has 0 fully saturated rings. The molecule has 0 aliphatic carbocycles. The molecular weight excluding hydrogens is 300 g/mol. The van der Waals surface area contributed by atoms with Crippen LogP contribution in [0.1, 0.15) is 22.9 Å². The van der Waals surface area contributed by atoms with Gasteiger partial charge < -0.3 is 5.43 Å². The Morgan fingerprint density at radius 2 is 1.68 bits per heavy atom. The molecule has 0 radical (unpaired) electrons. The predicted molar refractivity (Wildman–Crippen MR) is 70.7 cm³/mol. The van der Waals surface area contributed by atoms with Gasteiger partial charge in [-0.3, -0.25) is 0 Å². The maximum absolute atomic E-state index is 13.0. The van der Waals surface area contributed by atoms with E-state index in [1.165, 1.54) is 12.1 Å². The molecule has 1 aromatic heterocycles. The highest BCUT2D eigenvalue weighted by Gasteiger charge is 2.35. The summed E-state index contributed by atoms with van der Waals surface area (Å²) >= 11 is 0. The van der Waals surface area contributed by atoms with Gasteiger partial charge in [0, 0.05) is 18.9 Å². The Hall–Kier alpha value is -2.51. The minimum atomic E-state index is -4.57. The van der Waals surface area contributed by atoms with Crippen LogP contribution in [0.25, 0.3) is 0 Å². The topological polar surface area (TPSA) is 50.2 Å². The molecule has 114 valence electrons. The average Bonchev–Trinajstić information content (AvgIpc) is 2.97. The molecule has 22 heavy (non-hydrogen) atoms. The van der Waals surface area contributed by atoms with Gasteiger partial charge in [0.1, 0.15) is 5.82 Å². The van der Waals surface area contributed by atoms with Crippen molar-refractivity contribution in [3.05, 3.63) is 59.4 Å². The molecule has 0 bridgehead atoms. The molecule has 1 N–H and O–H groups in total. The van der Waals surface area contributed by atoms with E-state index in [4.69, 9.17) is 0 Å². The Kier molecular flexibility index (Phi) is 3.51. The fraction of sp³-hybridized carbons (Fsp3) is 0.214. The van der Waals surface area contributed by atoms with E-state index in [0.29, 0.717) is 23.4 Å². The van der Waals surface area contributed by atoms with E-state index in [2.05, 4.69) is 20.5 Å². The summed E-state index contributed by atoms with van der Waals surface area (Å²) in [5.41, 5.74) is 4.62. The van der Waals surface area contributed by atoms with Crippen LogP contribution in [-0.2, 0) is 6.18 Å². The molecule has 0 saturated heterocycles. The van der Waals surface area contributed by atoms with E-state index < -0.39 is 12.0 Å². The largest absolute Gasteiger partial charge is 0.451 e. The number of hydrogen-bond acceptors (Lipinski definition) is 4. The van der Waals surface area contributed by atoms with Crippen molar-refractivity contribution >= 4 is 5.71 Å². The summed E-state index contributed by atoms with van der Waals surface area (Å²) in [6.45, 7) is 0.418. The van der Waals surface area contributed by atoms with E-state index in [0.717, 1.165) is 12.4 Å². The summed E-state index contributed by atoms with van der Waals surface area (Å²) in [5.74, 6) is -1.83. The average molecular weight is 310 g/mol. The first-order chi connectivity index (χ1) is 10.4. The highest BCUT2D eigenvalue weighted by atomic mass is 19.4. The number of halogens is 4. The minimum absolute atomic E-state index is 0.284. The van der Waals surface area contributed by atoms with E-state index in [9.17, 15) is 17.6 Å². The van der Waals surface area contributed by atoms with Crippen molar-refractivity contribution in [2.75, 3.05) is 6.54 Å². The standard InChI is InChI=1S/C14H10F4N4/c15-10-3-1-8(2-4-10)12-11(7-21-22-12)9-5-19-13(20-6-9)14(16,17)18/h1-6,11,21H,7H2. The van der Waals surface area contributed by atoms with Crippen molar-refractivity contribution in [3.8, 4) is 0 Å².